The molecule has 1 aliphatic heterocycles. The number of H-pyrrole nitrogens is 1. The van der Waals surface area contributed by atoms with E-state index in [-0.39, 0.29) is 0 Å². The van der Waals surface area contributed by atoms with Crippen LogP contribution in [0.2, 0.25) is 0 Å². The lowest BCUT2D eigenvalue weighted by Crippen LogP contribution is -3.13. The quantitative estimate of drug-likeness (QED) is 0.505. The van der Waals surface area contributed by atoms with E-state index in [0.717, 1.165) is 51.1 Å². The third kappa shape index (κ3) is 4.11. The molecule has 0 radical (unpaired) electrons. The third-order valence-corrected chi connectivity index (χ3v) is 7.11. The molecule has 2 aromatic carbocycles. The van der Waals surface area contributed by atoms with Crippen molar-refractivity contribution in [1.82, 2.24) is 14.9 Å². The molecule has 1 saturated heterocycles. The van der Waals surface area contributed by atoms with Crippen LogP contribution in [0.4, 0.5) is 0 Å². The van der Waals surface area contributed by atoms with Crippen molar-refractivity contribution in [2.45, 2.75) is 25.8 Å². The minimum absolute atomic E-state index is 0.300. The summed E-state index contributed by atoms with van der Waals surface area (Å²) >= 11 is 1.79. The maximum absolute atomic E-state index is 12.7. The van der Waals surface area contributed by atoms with Gasteiger partial charge in [0.25, 0.3) is 0 Å². The van der Waals surface area contributed by atoms with E-state index in [1.54, 1.807) is 11.3 Å². The van der Waals surface area contributed by atoms with Gasteiger partial charge in [-0.15, -0.1) is 11.3 Å². The minimum atomic E-state index is 0.300. The van der Waals surface area contributed by atoms with Gasteiger partial charge in [-0.05, 0) is 36.6 Å². The fraction of sp³-hybridized carbons (Fsp3) is 0.333. The number of amides is 1. The van der Waals surface area contributed by atoms with Crippen molar-refractivity contribution in [2.75, 3.05) is 26.2 Å². The van der Waals surface area contributed by atoms with E-state index in [4.69, 9.17) is 4.98 Å². The van der Waals surface area contributed by atoms with Gasteiger partial charge < -0.3 is 14.8 Å². The first-order valence-electron chi connectivity index (χ1n) is 10.8. The molecule has 0 aliphatic carbocycles. The smallest absolute Gasteiger partial charge is 0.222 e. The number of aromatic amines is 1. The summed E-state index contributed by atoms with van der Waals surface area (Å²) in [6, 6.07) is 16.7. The second-order valence-electron chi connectivity index (χ2n) is 8.10. The molecule has 1 amide bonds. The van der Waals surface area contributed by atoms with Gasteiger partial charge in [-0.25, -0.2) is 4.98 Å². The molecule has 1 fully saturated rings. The molecule has 5 nitrogen and oxygen atoms in total. The number of nitrogens with one attached hydrogen (secondary N) is 2. The number of carbonyl (C=O) groups excluding carboxylic acids is 1. The molecule has 0 spiro atoms. The van der Waals surface area contributed by atoms with Gasteiger partial charge in [-0.2, -0.15) is 0 Å². The molecule has 5 rings (SSSR count). The fourth-order valence-corrected chi connectivity index (χ4v) is 5.42. The van der Waals surface area contributed by atoms with Crippen LogP contribution in [-0.4, -0.2) is 47.0 Å². The van der Waals surface area contributed by atoms with E-state index >= 15 is 0 Å². The zero-order valence-corrected chi connectivity index (χ0v) is 17.9. The van der Waals surface area contributed by atoms with E-state index in [2.05, 4.69) is 52.5 Å². The van der Waals surface area contributed by atoms with Crippen LogP contribution in [0, 0.1) is 0 Å². The first-order valence-corrected chi connectivity index (χ1v) is 11.6. The van der Waals surface area contributed by atoms with Crippen LogP contribution in [-0.2, 0) is 17.8 Å². The number of thiazole rings is 1. The Kier molecular flexibility index (Phi) is 5.51. The van der Waals surface area contributed by atoms with Gasteiger partial charge >= 0.3 is 0 Å². The number of piperazine rings is 1. The summed E-state index contributed by atoms with van der Waals surface area (Å²) in [4.78, 5) is 24.3. The maximum Gasteiger partial charge on any atom is 0.222 e. The normalized spacial score (nSPS) is 15.3. The number of aromatic nitrogens is 2. The molecule has 154 valence electrons. The Morgan fingerprint density at radius 3 is 2.77 bits per heavy atom. The molecule has 0 unspecified atom stereocenters. The average Bonchev–Trinajstić information content (AvgIpc) is 3.38. The zero-order valence-electron chi connectivity index (χ0n) is 17.1. The number of hydrogen-bond acceptors (Lipinski definition) is 3. The van der Waals surface area contributed by atoms with E-state index in [1.165, 1.54) is 31.1 Å². The lowest BCUT2D eigenvalue weighted by atomic mass is 10.1. The predicted octanol–water partition coefficient (Wildman–Crippen LogP) is 3.03. The van der Waals surface area contributed by atoms with Crippen LogP contribution < -0.4 is 4.90 Å². The molecule has 30 heavy (non-hydrogen) atoms. The Morgan fingerprint density at radius 2 is 1.90 bits per heavy atom. The number of nitrogens with zero attached hydrogens (tertiary/aromatic N) is 2. The summed E-state index contributed by atoms with van der Waals surface area (Å²) in [6.45, 7) is 4.68. The van der Waals surface area contributed by atoms with Crippen LogP contribution >= 0.6 is 11.3 Å². The molecule has 6 heteroatoms. The highest BCUT2D eigenvalue weighted by Gasteiger charge is 2.24. The Labute approximate surface area is 180 Å². The van der Waals surface area contributed by atoms with E-state index < -0.39 is 0 Å². The zero-order chi connectivity index (χ0) is 20.3. The first-order chi connectivity index (χ1) is 14.8. The second-order valence-corrected chi connectivity index (χ2v) is 9.21. The van der Waals surface area contributed by atoms with Gasteiger partial charge in [0.2, 0.25) is 5.91 Å². The molecule has 2 N–H and O–H groups in total. The Bertz CT molecular complexity index is 1120. The lowest BCUT2D eigenvalue weighted by molar-refractivity contribution is -0.917. The van der Waals surface area contributed by atoms with Crippen molar-refractivity contribution in [2.24, 2.45) is 0 Å². The van der Waals surface area contributed by atoms with Crippen molar-refractivity contribution in [1.29, 1.82) is 0 Å². The van der Waals surface area contributed by atoms with Gasteiger partial charge in [0.15, 0.2) is 0 Å². The summed E-state index contributed by atoms with van der Waals surface area (Å²) in [5.41, 5.74) is 3.58. The summed E-state index contributed by atoms with van der Waals surface area (Å²) in [6.07, 6.45) is 4.56. The van der Waals surface area contributed by atoms with Crippen LogP contribution in [0.25, 0.3) is 21.1 Å². The largest absolute Gasteiger partial charge is 0.361 e. The monoisotopic (exact) mass is 419 g/mol. The number of hydrogen-bond donors (Lipinski definition) is 2. The van der Waals surface area contributed by atoms with Gasteiger partial charge in [-0.1, -0.05) is 30.3 Å². The highest BCUT2D eigenvalue weighted by atomic mass is 32.1. The molecule has 2 aromatic heterocycles. The molecule has 3 heterocycles. The number of para-hydroxylation sites is 2. The van der Waals surface area contributed by atoms with Crippen molar-refractivity contribution in [3.05, 3.63) is 65.3 Å². The van der Waals surface area contributed by atoms with Crippen LogP contribution in [0.5, 0.6) is 0 Å². The van der Waals surface area contributed by atoms with E-state index in [1.807, 2.05) is 12.1 Å². The standard InChI is InChI=1S/C24H26N4OS/c29-24(11-5-6-18-16-25-20-8-2-1-7-19(18)20)28-14-12-27(13-15-28)17-23-26-21-9-3-4-10-22(21)30-23/h1-4,7-10,16,25H,5-6,11-15,17H2/p+1. The second kappa shape index (κ2) is 8.58. The van der Waals surface area contributed by atoms with Gasteiger partial charge in [0, 0.05) is 23.5 Å². The lowest BCUT2D eigenvalue weighted by Gasteiger charge is -2.32. The number of benzene rings is 2. The molecular weight excluding hydrogens is 392 g/mol. The Hall–Kier alpha value is -2.70. The fourth-order valence-electron chi connectivity index (χ4n) is 4.39. The number of quaternary nitrogens is 1. The number of aryl methyl sites for hydroxylation is 1. The topological polar surface area (TPSA) is 53.4 Å². The summed E-state index contributed by atoms with van der Waals surface area (Å²) in [5.74, 6) is 0.300. The molecule has 0 bridgehead atoms. The summed E-state index contributed by atoms with van der Waals surface area (Å²) in [7, 11) is 0. The number of carbonyl (C=O) groups is 1. The molecule has 1 aliphatic rings. The van der Waals surface area contributed by atoms with Crippen LogP contribution in [0.3, 0.4) is 0 Å². The van der Waals surface area contributed by atoms with Gasteiger partial charge in [-0.3, -0.25) is 4.79 Å². The number of fused-ring (bicyclic) bond motifs is 2. The van der Waals surface area contributed by atoms with Gasteiger partial charge in [0.1, 0.15) is 11.6 Å². The molecule has 0 atom stereocenters. The van der Waals surface area contributed by atoms with E-state index in [0.29, 0.717) is 12.3 Å². The van der Waals surface area contributed by atoms with Crippen molar-refractivity contribution < 1.29 is 9.69 Å². The minimum Gasteiger partial charge on any atom is -0.361 e. The SMILES string of the molecule is O=C(CCCc1c[nH]c2ccccc12)N1CC[NH+](Cc2nc3ccccc3s2)CC1. The van der Waals surface area contributed by atoms with Crippen molar-refractivity contribution in [3.63, 3.8) is 0 Å². The molecular formula is C24H27N4OS+. The summed E-state index contributed by atoms with van der Waals surface area (Å²) in [5, 5.41) is 2.47. The Balaban J connectivity index is 1.09. The van der Waals surface area contributed by atoms with Crippen molar-refractivity contribution >= 4 is 38.4 Å². The third-order valence-electron chi connectivity index (χ3n) is 6.07. The highest BCUT2D eigenvalue weighted by molar-refractivity contribution is 7.18. The average molecular weight is 420 g/mol. The summed E-state index contributed by atoms with van der Waals surface area (Å²) < 4.78 is 1.26. The van der Waals surface area contributed by atoms with Crippen LogP contribution in [0.1, 0.15) is 23.4 Å². The Morgan fingerprint density at radius 1 is 1.10 bits per heavy atom. The molecule has 0 saturated carbocycles. The van der Waals surface area contributed by atoms with Crippen molar-refractivity contribution in [3.8, 4) is 0 Å². The van der Waals surface area contributed by atoms with E-state index in [9.17, 15) is 4.79 Å². The predicted molar refractivity (Wildman–Crippen MR) is 122 cm³/mol. The first kappa shape index (κ1) is 19.3. The highest BCUT2D eigenvalue weighted by Crippen LogP contribution is 2.21. The van der Waals surface area contributed by atoms with Crippen LogP contribution in [0.15, 0.2) is 54.7 Å². The maximum atomic E-state index is 12.7. The van der Waals surface area contributed by atoms with Gasteiger partial charge in [0.05, 0.1) is 36.4 Å². The molecule has 4 aromatic rings. The number of rotatable bonds is 6.